The minimum atomic E-state index is -0.111. The van der Waals surface area contributed by atoms with Crippen LogP contribution < -0.4 is 21.9 Å². The fourth-order valence-corrected chi connectivity index (χ4v) is 5.79. The summed E-state index contributed by atoms with van der Waals surface area (Å²) in [5.41, 5.74) is 13.9. The molecule has 1 aliphatic carbocycles. The number of nitrogens with zero attached hydrogens (tertiary/aromatic N) is 4. The second-order valence-corrected chi connectivity index (χ2v) is 9.68. The van der Waals surface area contributed by atoms with E-state index in [1.807, 2.05) is 13.0 Å². The summed E-state index contributed by atoms with van der Waals surface area (Å²) in [4.78, 5) is 25.4. The van der Waals surface area contributed by atoms with Crippen LogP contribution >= 0.6 is 11.8 Å². The van der Waals surface area contributed by atoms with Gasteiger partial charge in [0.25, 0.3) is 5.56 Å². The predicted octanol–water partition coefficient (Wildman–Crippen LogP) is 2.56. The molecule has 2 fully saturated rings. The highest BCUT2D eigenvalue weighted by Gasteiger charge is 2.46. The van der Waals surface area contributed by atoms with Gasteiger partial charge in [-0.1, -0.05) is 18.7 Å². The van der Waals surface area contributed by atoms with E-state index >= 15 is 0 Å². The third-order valence-corrected chi connectivity index (χ3v) is 8.16. The molecule has 2 aromatic heterocycles. The molecule has 29 heavy (non-hydrogen) atoms. The minimum Gasteiger partial charge on any atom is -0.382 e. The van der Waals surface area contributed by atoms with E-state index in [4.69, 9.17) is 11.5 Å². The van der Waals surface area contributed by atoms with E-state index in [0.29, 0.717) is 16.8 Å². The first-order valence-corrected chi connectivity index (χ1v) is 11.1. The third kappa shape index (κ3) is 3.53. The van der Waals surface area contributed by atoms with E-state index in [1.54, 1.807) is 24.0 Å². The van der Waals surface area contributed by atoms with Crippen LogP contribution in [0.2, 0.25) is 0 Å². The van der Waals surface area contributed by atoms with Gasteiger partial charge in [-0.05, 0) is 55.6 Å². The summed E-state index contributed by atoms with van der Waals surface area (Å²) in [6.07, 6.45) is 8.00. The summed E-state index contributed by atoms with van der Waals surface area (Å²) in [6.45, 7) is 5.95. The molecule has 4 rings (SSSR count). The van der Waals surface area contributed by atoms with Crippen molar-refractivity contribution in [2.45, 2.75) is 55.4 Å². The zero-order valence-electron chi connectivity index (χ0n) is 17.4. The lowest BCUT2D eigenvalue weighted by Crippen LogP contribution is -2.49. The molecule has 156 valence electrons. The van der Waals surface area contributed by atoms with Gasteiger partial charge in [-0.2, -0.15) is 4.98 Å². The van der Waals surface area contributed by atoms with E-state index < -0.39 is 0 Å². The molecule has 3 heterocycles. The lowest BCUT2D eigenvalue weighted by Gasteiger charge is -2.43. The van der Waals surface area contributed by atoms with Crippen molar-refractivity contribution in [2.75, 3.05) is 23.7 Å². The Morgan fingerprint density at radius 3 is 2.62 bits per heavy atom. The van der Waals surface area contributed by atoms with Gasteiger partial charge in [-0.3, -0.25) is 14.3 Å². The van der Waals surface area contributed by atoms with Crippen molar-refractivity contribution in [3.8, 4) is 0 Å². The number of aryl methyl sites for hydroxylation is 1. The fourth-order valence-electron chi connectivity index (χ4n) is 4.85. The lowest BCUT2D eigenvalue weighted by molar-refractivity contribution is 0.185. The van der Waals surface area contributed by atoms with Gasteiger partial charge in [0.2, 0.25) is 5.95 Å². The van der Waals surface area contributed by atoms with Crippen molar-refractivity contribution in [1.82, 2.24) is 14.5 Å². The van der Waals surface area contributed by atoms with Crippen LogP contribution in [0.3, 0.4) is 0 Å². The average molecular weight is 415 g/mol. The quantitative estimate of drug-likeness (QED) is 0.795. The van der Waals surface area contributed by atoms with Gasteiger partial charge in [-0.15, -0.1) is 0 Å². The molecule has 2 aliphatic rings. The number of piperidine rings is 1. The SMILES string of the molecule is Cc1cnccc1Sc1c(N)nc(N2CCC3(CC[C@@H](C)[C@H]3N)CC2)n(C)c1=O. The molecule has 7 nitrogen and oxygen atoms in total. The fraction of sp³-hybridized carbons (Fsp3) is 0.571. The number of hydrogen-bond donors (Lipinski definition) is 2. The smallest absolute Gasteiger partial charge is 0.270 e. The van der Waals surface area contributed by atoms with E-state index in [-0.39, 0.29) is 22.8 Å². The number of pyridine rings is 1. The molecule has 2 atom stereocenters. The van der Waals surface area contributed by atoms with Crippen LogP contribution in [0.25, 0.3) is 0 Å². The number of rotatable bonds is 3. The zero-order chi connectivity index (χ0) is 20.8. The Morgan fingerprint density at radius 2 is 2.00 bits per heavy atom. The van der Waals surface area contributed by atoms with Crippen molar-refractivity contribution >= 4 is 23.5 Å². The summed E-state index contributed by atoms with van der Waals surface area (Å²) in [5, 5.41) is 0. The van der Waals surface area contributed by atoms with Crippen molar-refractivity contribution in [3.05, 3.63) is 34.4 Å². The zero-order valence-corrected chi connectivity index (χ0v) is 18.2. The average Bonchev–Trinajstić information content (AvgIpc) is 2.99. The molecule has 0 amide bonds. The Morgan fingerprint density at radius 1 is 1.28 bits per heavy atom. The summed E-state index contributed by atoms with van der Waals surface area (Å²) in [6, 6.07) is 2.16. The molecule has 2 aromatic rings. The number of anilines is 2. The molecule has 0 aromatic carbocycles. The normalized spacial score (nSPS) is 23.7. The second-order valence-electron chi connectivity index (χ2n) is 8.62. The van der Waals surface area contributed by atoms with Crippen LogP contribution in [0.5, 0.6) is 0 Å². The molecule has 0 radical (unpaired) electrons. The highest BCUT2D eigenvalue weighted by molar-refractivity contribution is 7.99. The van der Waals surface area contributed by atoms with Crippen LogP contribution in [0, 0.1) is 18.3 Å². The summed E-state index contributed by atoms with van der Waals surface area (Å²) < 4.78 is 1.63. The first-order valence-electron chi connectivity index (χ1n) is 10.3. The van der Waals surface area contributed by atoms with Crippen LogP contribution in [-0.2, 0) is 7.05 Å². The molecule has 1 saturated carbocycles. The molecule has 0 bridgehead atoms. The predicted molar refractivity (Wildman–Crippen MR) is 117 cm³/mol. The highest BCUT2D eigenvalue weighted by atomic mass is 32.2. The minimum absolute atomic E-state index is 0.111. The highest BCUT2D eigenvalue weighted by Crippen LogP contribution is 2.48. The Labute approximate surface area is 175 Å². The molecule has 1 aliphatic heterocycles. The van der Waals surface area contributed by atoms with Gasteiger partial charge in [0, 0.05) is 43.5 Å². The molecule has 8 heteroatoms. The van der Waals surface area contributed by atoms with Gasteiger partial charge >= 0.3 is 0 Å². The maximum atomic E-state index is 13.1. The Balaban J connectivity index is 1.57. The van der Waals surface area contributed by atoms with E-state index in [1.165, 1.54) is 24.6 Å². The molecular formula is C21H30N6OS. The molecule has 1 saturated heterocycles. The Hall–Kier alpha value is -2.06. The van der Waals surface area contributed by atoms with Crippen LogP contribution in [-0.4, -0.2) is 33.7 Å². The Kier molecular flexibility index (Phi) is 5.33. The lowest BCUT2D eigenvalue weighted by atomic mass is 9.73. The first kappa shape index (κ1) is 20.2. The second kappa shape index (κ2) is 7.65. The molecule has 0 unspecified atom stereocenters. The van der Waals surface area contributed by atoms with Gasteiger partial charge in [0.1, 0.15) is 10.7 Å². The maximum Gasteiger partial charge on any atom is 0.270 e. The first-order chi connectivity index (χ1) is 13.8. The largest absolute Gasteiger partial charge is 0.382 e. The van der Waals surface area contributed by atoms with Crippen LogP contribution in [0.4, 0.5) is 11.8 Å². The number of nitrogen functional groups attached to an aromatic ring is 1. The van der Waals surface area contributed by atoms with Crippen LogP contribution in [0.15, 0.2) is 33.0 Å². The van der Waals surface area contributed by atoms with Crippen molar-refractivity contribution in [1.29, 1.82) is 0 Å². The van der Waals surface area contributed by atoms with Gasteiger partial charge in [0.15, 0.2) is 0 Å². The van der Waals surface area contributed by atoms with Crippen molar-refractivity contribution in [3.63, 3.8) is 0 Å². The van der Waals surface area contributed by atoms with E-state index in [2.05, 4.69) is 21.8 Å². The molecule has 1 spiro atoms. The maximum absolute atomic E-state index is 13.1. The number of aromatic nitrogens is 3. The number of hydrogen-bond acceptors (Lipinski definition) is 7. The molecule has 4 N–H and O–H groups in total. The monoisotopic (exact) mass is 414 g/mol. The Bertz CT molecular complexity index is 966. The summed E-state index contributed by atoms with van der Waals surface area (Å²) in [5.74, 6) is 1.53. The van der Waals surface area contributed by atoms with Crippen molar-refractivity contribution < 1.29 is 0 Å². The van der Waals surface area contributed by atoms with E-state index in [0.717, 1.165) is 36.4 Å². The summed E-state index contributed by atoms with van der Waals surface area (Å²) >= 11 is 1.36. The standard InChI is InChI=1S/C21H30N6OS/c1-13-4-6-21(17(13)22)7-10-27(11-8-21)20-25-18(23)16(19(28)26(20)3)29-15-5-9-24-12-14(15)2/h5,9,12-13,17H,4,6-8,10-11,22-23H2,1-3H3/t13-,17-/m1/s1. The van der Waals surface area contributed by atoms with Gasteiger partial charge in [-0.25, -0.2) is 0 Å². The van der Waals surface area contributed by atoms with Gasteiger partial charge in [0.05, 0.1) is 0 Å². The van der Waals surface area contributed by atoms with Crippen LogP contribution in [0.1, 0.15) is 38.2 Å². The van der Waals surface area contributed by atoms with Crippen molar-refractivity contribution in [2.24, 2.45) is 24.1 Å². The summed E-state index contributed by atoms with van der Waals surface area (Å²) in [7, 11) is 1.78. The van der Waals surface area contributed by atoms with E-state index in [9.17, 15) is 4.79 Å². The molecular weight excluding hydrogens is 384 g/mol. The third-order valence-electron chi connectivity index (χ3n) is 6.89. The number of nitrogens with two attached hydrogens (primary N) is 2. The van der Waals surface area contributed by atoms with Gasteiger partial charge < -0.3 is 16.4 Å². The topological polar surface area (TPSA) is 103 Å².